The van der Waals surface area contributed by atoms with Crippen LogP contribution in [0.25, 0.3) is 0 Å². The molecule has 2 heterocycles. The van der Waals surface area contributed by atoms with Crippen LogP contribution in [0.3, 0.4) is 0 Å². The Labute approximate surface area is 79.8 Å². The predicted octanol–water partition coefficient (Wildman–Crippen LogP) is 0.993. The molecule has 0 aromatic carbocycles. The molecule has 13 heavy (non-hydrogen) atoms. The van der Waals surface area contributed by atoms with Crippen LogP contribution >= 0.6 is 0 Å². The lowest BCUT2D eigenvalue weighted by Crippen LogP contribution is -2.32. The first-order valence-electron chi connectivity index (χ1n) is 5.24. The molecule has 2 saturated heterocycles. The van der Waals surface area contributed by atoms with Crippen molar-refractivity contribution >= 4 is 0 Å². The second-order valence-electron chi connectivity index (χ2n) is 4.35. The molecule has 0 bridgehead atoms. The maximum Gasteiger partial charge on any atom is 0.160 e. The predicted molar refractivity (Wildman–Crippen MR) is 50.4 cm³/mol. The molecule has 3 unspecified atom stereocenters. The van der Waals surface area contributed by atoms with Gasteiger partial charge in [0.15, 0.2) is 6.29 Å². The average Bonchev–Trinajstić information content (AvgIpc) is 2.60. The minimum atomic E-state index is 0.110. The molecule has 0 amide bonds. The maximum absolute atomic E-state index is 5.56. The third kappa shape index (κ3) is 2.03. The van der Waals surface area contributed by atoms with Crippen LogP contribution in [0.2, 0.25) is 0 Å². The molecule has 1 N–H and O–H groups in total. The van der Waals surface area contributed by atoms with Gasteiger partial charge >= 0.3 is 0 Å². The number of fused-ring (bicyclic) bond motifs is 1. The summed E-state index contributed by atoms with van der Waals surface area (Å²) in [7, 11) is 0. The third-order valence-corrected chi connectivity index (χ3v) is 2.95. The molecule has 2 rings (SSSR count). The topological polar surface area (TPSA) is 30.5 Å². The van der Waals surface area contributed by atoms with E-state index in [9.17, 15) is 0 Å². The molecular formula is C10H19NO2. The minimum absolute atomic E-state index is 0.110. The Morgan fingerprint density at radius 3 is 3.00 bits per heavy atom. The highest BCUT2D eigenvalue weighted by Crippen LogP contribution is 2.34. The fraction of sp³-hybridized carbons (Fsp3) is 1.00. The van der Waals surface area contributed by atoms with Gasteiger partial charge in [-0.15, -0.1) is 0 Å². The molecule has 2 fully saturated rings. The Balaban J connectivity index is 1.80. The summed E-state index contributed by atoms with van der Waals surface area (Å²) >= 11 is 0. The largest absolute Gasteiger partial charge is 0.352 e. The van der Waals surface area contributed by atoms with Crippen LogP contribution in [0.5, 0.6) is 0 Å². The quantitative estimate of drug-likeness (QED) is 0.711. The van der Waals surface area contributed by atoms with E-state index in [4.69, 9.17) is 9.47 Å². The van der Waals surface area contributed by atoms with Crippen molar-refractivity contribution in [1.82, 2.24) is 5.32 Å². The Morgan fingerprint density at radius 1 is 1.38 bits per heavy atom. The van der Waals surface area contributed by atoms with E-state index in [2.05, 4.69) is 19.2 Å². The van der Waals surface area contributed by atoms with E-state index in [1.807, 2.05) is 0 Å². The zero-order chi connectivity index (χ0) is 9.26. The van der Waals surface area contributed by atoms with Crippen molar-refractivity contribution in [2.24, 2.45) is 11.8 Å². The van der Waals surface area contributed by atoms with Crippen LogP contribution in [0.1, 0.15) is 20.3 Å². The molecule has 0 saturated carbocycles. The fourth-order valence-electron chi connectivity index (χ4n) is 2.15. The van der Waals surface area contributed by atoms with Gasteiger partial charge in [-0.2, -0.15) is 0 Å². The monoisotopic (exact) mass is 185 g/mol. The van der Waals surface area contributed by atoms with Gasteiger partial charge in [0, 0.05) is 24.4 Å². The van der Waals surface area contributed by atoms with E-state index in [1.165, 1.54) is 6.42 Å². The van der Waals surface area contributed by atoms with Gasteiger partial charge in [-0.05, 0) is 6.42 Å². The van der Waals surface area contributed by atoms with Gasteiger partial charge in [-0.3, -0.25) is 0 Å². The Morgan fingerprint density at radius 2 is 2.23 bits per heavy atom. The zero-order valence-electron chi connectivity index (χ0n) is 8.45. The van der Waals surface area contributed by atoms with Crippen LogP contribution in [0.4, 0.5) is 0 Å². The van der Waals surface area contributed by atoms with Gasteiger partial charge in [0.25, 0.3) is 0 Å². The standard InChI is InChI=1S/C10H19NO2/c1-7(2)11-5-8-6-13-10-9(8)3-4-12-10/h7-11H,3-6H2,1-2H3. The first-order valence-corrected chi connectivity index (χ1v) is 5.24. The van der Waals surface area contributed by atoms with Gasteiger partial charge < -0.3 is 14.8 Å². The minimum Gasteiger partial charge on any atom is -0.352 e. The third-order valence-electron chi connectivity index (χ3n) is 2.95. The fourth-order valence-corrected chi connectivity index (χ4v) is 2.15. The molecule has 2 aliphatic heterocycles. The summed E-state index contributed by atoms with van der Waals surface area (Å²) < 4.78 is 11.0. The summed E-state index contributed by atoms with van der Waals surface area (Å²) in [5.74, 6) is 1.31. The average molecular weight is 185 g/mol. The van der Waals surface area contributed by atoms with Crippen molar-refractivity contribution < 1.29 is 9.47 Å². The van der Waals surface area contributed by atoms with E-state index in [1.54, 1.807) is 0 Å². The molecule has 76 valence electrons. The van der Waals surface area contributed by atoms with Crippen molar-refractivity contribution in [3.63, 3.8) is 0 Å². The van der Waals surface area contributed by atoms with E-state index < -0.39 is 0 Å². The lowest BCUT2D eigenvalue weighted by atomic mass is 9.93. The summed E-state index contributed by atoms with van der Waals surface area (Å²) in [5, 5.41) is 3.46. The lowest BCUT2D eigenvalue weighted by Gasteiger charge is -2.16. The molecular weight excluding hydrogens is 166 g/mol. The van der Waals surface area contributed by atoms with Crippen LogP contribution in [0.15, 0.2) is 0 Å². The summed E-state index contributed by atoms with van der Waals surface area (Å²) in [5.41, 5.74) is 0. The van der Waals surface area contributed by atoms with Crippen molar-refractivity contribution in [3.05, 3.63) is 0 Å². The maximum atomic E-state index is 5.56. The first kappa shape index (κ1) is 9.44. The highest BCUT2D eigenvalue weighted by molar-refractivity contribution is 4.84. The number of rotatable bonds is 3. The molecule has 0 spiro atoms. The molecule has 2 aliphatic rings. The summed E-state index contributed by atoms with van der Waals surface area (Å²) in [4.78, 5) is 0. The van der Waals surface area contributed by atoms with Crippen LogP contribution in [-0.2, 0) is 9.47 Å². The number of hydrogen-bond donors (Lipinski definition) is 1. The Hall–Kier alpha value is -0.120. The number of hydrogen-bond acceptors (Lipinski definition) is 3. The SMILES string of the molecule is CC(C)NCC1COC2OCCC12. The van der Waals surface area contributed by atoms with Gasteiger partial charge in [0.2, 0.25) is 0 Å². The molecule has 3 atom stereocenters. The number of nitrogens with one attached hydrogen (secondary N) is 1. The van der Waals surface area contributed by atoms with Gasteiger partial charge in [0.05, 0.1) is 13.2 Å². The van der Waals surface area contributed by atoms with Gasteiger partial charge in [-0.25, -0.2) is 0 Å². The smallest absolute Gasteiger partial charge is 0.160 e. The Bertz CT molecular complexity index is 172. The Kier molecular flexibility index (Phi) is 2.86. The number of ether oxygens (including phenoxy) is 2. The van der Waals surface area contributed by atoms with E-state index in [0.29, 0.717) is 17.9 Å². The lowest BCUT2D eigenvalue weighted by molar-refractivity contribution is -0.0905. The highest BCUT2D eigenvalue weighted by atomic mass is 16.7. The second-order valence-corrected chi connectivity index (χ2v) is 4.35. The molecule has 0 radical (unpaired) electrons. The van der Waals surface area contributed by atoms with E-state index in [-0.39, 0.29) is 6.29 Å². The van der Waals surface area contributed by atoms with Crippen molar-refractivity contribution in [3.8, 4) is 0 Å². The van der Waals surface area contributed by atoms with Crippen LogP contribution in [-0.4, -0.2) is 32.1 Å². The van der Waals surface area contributed by atoms with Crippen molar-refractivity contribution in [1.29, 1.82) is 0 Å². The normalized spacial score (nSPS) is 38.5. The van der Waals surface area contributed by atoms with Crippen LogP contribution in [0, 0.1) is 11.8 Å². The second kappa shape index (κ2) is 3.95. The van der Waals surface area contributed by atoms with Crippen molar-refractivity contribution in [2.45, 2.75) is 32.6 Å². The summed E-state index contributed by atoms with van der Waals surface area (Å²) in [6, 6.07) is 0.571. The van der Waals surface area contributed by atoms with Gasteiger partial charge in [-0.1, -0.05) is 13.8 Å². The van der Waals surface area contributed by atoms with Crippen LogP contribution < -0.4 is 5.32 Å². The first-order chi connectivity index (χ1) is 6.27. The van der Waals surface area contributed by atoms with Gasteiger partial charge in [0.1, 0.15) is 0 Å². The molecule has 0 aromatic heterocycles. The molecule has 0 aromatic rings. The summed E-state index contributed by atoms with van der Waals surface area (Å²) in [6.45, 7) is 7.18. The zero-order valence-corrected chi connectivity index (χ0v) is 8.45. The molecule has 3 heteroatoms. The highest BCUT2D eigenvalue weighted by Gasteiger charge is 2.41. The van der Waals surface area contributed by atoms with Crippen molar-refractivity contribution in [2.75, 3.05) is 19.8 Å². The summed E-state index contributed by atoms with van der Waals surface area (Å²) in [6.07, 6.45) is 1.29. The van der Waals surface area contributed by atoms with E-state index >= 15 is 0 Å². The molecule has 3 nitrogen and oxygen atoms in total. The molecule has 0 aliphatic carbocycles. The van der Waals surface area contributed by atoms with E-state index in [0.717, 1.165) is 19.8 Å².